The van der Waals surface area contributed by atoms with E-state index < -0.39 is 5.91 Å². The number of hydrogen-bond donors (Lipinski definition) is 2. The number of carbonyl (C=O) groups is 2. The van der Waals surface area contributed by atoms with Crippen molar-refractivity contribution < 1.29 is 14.3 Å². The van der Waals surface area contributed by atoms with Gasteiger partial charge in [0.25, 0.3) is 11.8 Å². The molecule has 3 N–H and O–H groups in total. The largest absolute Gasteiger partial charge is 0.492 e. The van der Waals surface area contributed by atoms with Crippen LogP contribution in [0.1, 0.15) is 49.6 Å². The van der Waals surface area contributed by atoms with Gasteiger partial charge in [0.2, 0.25) is 0 Å². The molecule has 0 radical (unpaired) electrons. The molecule has 0 spiro atoms. The zero-order valence-electron chi connectivity index (χ0n) is 16.9. The predicted molar refractivity (Wildman–Crippen MR) is 127 cm³/mol. The van der Waals surface area contributed by atoms with Gasteiger partial charge in [-0.25, -0.2) is 0 Å². The molecule has 0 bridgehead atoms. The molecule has 160 valence electrons. The molecule has 1 aliphatic carbocycles. The van der Waals surface area contributed by atoms with Crippen LogP contribution >= 0.6 is 27.3 Å². The quantitative estimate of drug-likeness (QED) is 0.459. The van der Waals surface area contributed by atoms with Gasteiger partial charge in [0.15, 0.2) is 0 Å². The number of nitrogens with one attached hydrogen (secondary N) is 1. The number of fused-ring (bicyclic) bond motifs is 1. The molecule has 2 aromatic carbocycles. The standard InChI is InChI=1S/C24H23BrN2O3S/c25-18-14-16(10-11-19(18)30-13-12-15-6-2-1-3-7-15)23(29)27-24-21(22(26)28)17-8-4-5-9-20(17)31-24/h1-3,6-7,10-11,14H,4-5,8-9,12-13H2,(H2,26,28)(H,27,29). The molecular formula is C24H23BrN2O3S. The number of rotatable bonds is 7. The van der Waals surface area contributed by atoms with E-state index in [9.17, 15) is 9.59 Å². The number of aryl methyl sites for hydroxylation is 1. The van der Waals surface area contributed by atoms with Crippen LogP contribution in [0.3, 0.4) is 0 Å². The Bertz CT molecular complexity index is 1110. The Balaban J connectivity index is 1.44. The molecular weight excluding hydrogens is 476 g/mol. The topological polar surface area (TPSA) is 81.4 Å². The van der Waals surface area contributed by atoms with Crippen LogP contribution in [0.4, 0.5) is 5.00 Å². The number of carbonyl (C=O) groups excluding carboxylic acids is 2. The molecule has 31 heavy (non-hydrogen) atoms. The summed E-state index contributed by atoms with van der Waals surface area (Å²) in [6.07, 6.45) is 4.69. The van der Waals surface area contributed by atoms with E-state index in [0.29, 0.717) is 33.0 Å². The first-order valence-corrected chi connectivity index (χ1v) is 11.9. The molecule has 4 rings (SSSR count). The Morgan fingerprint density at radius 2 is 1.87 bits per heavy atom. The van der Waals surface area contributed by atoms with E-state index in [-0.39, 0.29) is 5.91 Å². The minimum absolute atomic E-state index is 0.280. The molecule has 1 aromatic heterocycles. The van der Waals surface area contributed by atoms with Crippen LogP contribution < -0.4 is 15.8 Å². The van der Waals surface area contributed by atoms with E-state index in [2.05, 4.69) is 33.4 Å². The van der Waals surface area contributed by atoms with Gasteiger partial charge in [-0.05, 0) is 70.9 Å². The Morgan fingerprint density at radius 1 is 1.10 bits per heavy atom. The SMILES string of the molecule is NC(=O)c1c(NC(=O)c2ccc(OCCc3ccccc3)c(Br)c2)sc2c1CCCC2. The van der Waals surface area contributed by atoms with Crippen molar-refractivity contribution >= 4 is 44.1 Å². The Kier molecular flexibility index (Phi) is 6.73. The van der Waals surface area contributed by atoms with E-state index in [1.807, 2.05) is 18.2 Å². The third-order valence-electron chi connectivity index (χ3n) is 5.33. The molecule has 0 atom stereocenters. The minimum Gasteiger partial charge on any atom is -0.492 e. The summed E-state index contributed by atoms with van der Waals surface area (Å²) >= 11 is 4.96. The molecule has 3 aromatic rings. The number of nitrogens with two attached hydrogens (primary N) is 1. The van der Waals surface area contributed by atoms with Crippen molar-refractivity contribution in [2.24, 2.45) is 5.73 Å². The summed E-state index contributed by atoms with van der Waals surface area (Å²) in [5.41, 5.74) is 8.77. The number of primary amides is 1. The van der Waals surface area contributed by atoms with Crippen LogP contribution in [0.5, 0.6) is 5.75 Å². The summed E-state index contributed by atoms with van der Waals surface area (Å²) in [6.45, 7) is 0.539. The van der Waals surface area contributed by atoms with Gasteiger partial charge in [-0.15, -0.1) is 11.3 Å². The van der Waals surface area contributed by atoms with Gasteiger partial charge in [0.1, 0.15) is 10.8 Å². The van der Waals surface area contributed by atoms with Crippen molar-refractivity contribution in [3.8, 4) is 5.75 Å². The fraction of sp³-hybridized carbons (Fsp3) is 0.250. The highest BCUT2D eigenvalue weighted by Crippen LogP contribution is 2.38. The van der Waals surface area contributed by atoms with Gasteiger partial charge in [-0.3, -0.25) is 9.59 Å². The van der Waals surface area contributed by atoms with Gasteiger partial charge in [0.05, 0.1) is 16.6 Å². The van der Waals surface area contributed by atoms with E-state index >= 15 is 0 Å². The molecule has 7 heteroatoms. The van der Waals surface area contributed by atoms with Crippen LogP contribution in [-0.2, 0) is 19.3 Å². The number of thiophene rings is 1. The second-order valence-electron chi connectivity index (χ2n) is 7.46. The maximum Gasteiger partial charge on any atom is 0.256 e. The van der Waals surface area contributed by atoms with Gasteiger partial charge >= 0.3 is 0 Å². The monoisotopic (exact) mass is 498 g/mol. The van der Waals surface area contributed by atoms with Crippen molar-refractivity contribution in [2.45, 2.75) is 32.1 Å². The van der Waals surface area contributed by atoms with Crippen molar-refractivity contribution in [3.63, 3.8) is 0 Å². The zero-order valence-corrected chi connectivity index (χ0v) is 19.4. The number of anilines is 1. The lowest BCUT2D eigenvalue weighted by Gasteiger charge is -2.11. The van der Waals surface area contributed by atoms with Crippen molar-refractivity contribution in [2.75, 3.05) is 11.9 Å². The number of hydrogen-bond acceptors (Lipinski definition) is 4. The van der Waals surface area contributed by atoms with Gasteiger partial charge in [-0.2, -0.15) is 0 Å². The zero-order chi connectivity index (χ0) is 21.8. The van der Waals surface area contributed by atoms with Crippen LogP contribution in [-0.4, -0.2) is 18.4 Å². The van der Waals surface area contributed by atoms with Gasteiger partial charge in [0, 0.05) is 16.9 Å². The van der Waals surface area contributed by atoms with Crippen molar-refractivity contribution in [3.05, 3.63) is 80.1 Å². The van der Waals surface area contributed by atoms with E-state index in [0.717, 1.165) is 42.5 Å². The minimum atomic E-state index is -0.488. The molecule has 5 nitrogen and oxygen atoms in total. The summed E-state index contributed by atoms with van der Waals surface area (Å²) in [4.78, 5) is 26.0. The van der Waals surface area contributed by atoms with E-state index in [4.69, 9.17) is 10.5 Å². The highest BCUT2D eigenvalue weighted by molar-refractivity contribution is 9.10. The Labute approximate surface area is 193 Å². The smallest absolute Gasteiger partial charge is 0.256 e. The number of halogens is 1. The average molecular weight is 499 g/mol. The molecule has 0 aliphatic heterocycles. The molecule has 2 amide bonds. The molecule has 0 saturated heterocycles. The number of benzene rings is 2. The van der Waals surface area contributed by atoms with E-state index in [1.54, 1.807) is 18.2 Å². The summed E-state index contributed by atoms with van der Waals surface area (Å²) < 4.78 is 6.56. The first-order chi connectivity index (χ1) is 15.0. The fourth-order valence-corrected chi connectivity index (χ4v) is 5.56. The molecule has 1 aliphatic rings. The summed E-state index contributed by atoms with van der Waals surface area (Å²) in [6, 6.07) is 15.4. The normalized spacial score (nSPS) is 12.8. The highest BCUT2D eigenvalue weighted by Gasteiger charge is 2.25. The maximum atomic E-state index is 12.8. The third kappa shape index (κ3) is 4.99. The predicted octanol–water partition coefficient (Wildman–Crippen LogP) is 5.36. The lowest BCUT2D eigenvalue weighted by Crippen LogP contribution is -2.18. The van der Waals surface area contributed by atoms with Gasteiger partial charge < -0.3 is 15.8 Å². The average Bonchev–Trinajstić information content (AvgIpc) is 3.13. The highest BCUT2D eigenvalue weighted by atomic mass is 79.9. The number of amides is 2. The van der Waals surface area contributed by atoms with E-state index in [1.165, 1.54) is 16.9 Å². The second-order valence-corrected chi connectivity index (χ2v) is 9.42. The summed E-state index contributed by atoms with van der Waals surface area (Å²) in [7, 11) is 0. The van der Waals surface area contributed by atoms with Crippen molar-refractivity contribution in [1.29, 1.82) is 0 Å². The van der Waals surface area contributed by atoms with Crippen LogP contribution in [0.25, 0.3) is 0 Å². The molecule has 0 unspecified atom stereocenters. The molecule has 0 saturated carbocycles. The lowest BCUT2D eigenvalue weighted by atomic mass is 9.95. The Morgan fingerprint density at radius 3 is 2.61 bits per heavy atom. The van der Waals surface area contributed by atoms with Crippen LogP contribution in [0, 0.1) is 0 Å². The van der Waals surface area contributed by atoms with Gasteiger partial charge in [-0.1, -0.05) is 30.3 Å². The second kappa shape index (κ2) is 9.66. The molecule has 1 heterocycles. The fourth-order valence-electron chi connectivity index (χ4n) is 3.77. The maximum absolute atomic E-state index is 12.8. The number of ether oxygens (including phenoxy) is 1. The lowest BCUT2D eigenvalue weighted by molar-refractivity contribution is 0.100. The first-order valence-electron chi connectivity index (χ1n) is 10.2. The Hall–Kier alpha value is -2.64. The summed E-state index contributed by atoms with van der Waals surface area (Å²) in [5.74, 6) is -0.0902. The third-order valence-corrected chi connectivity index (χ3v) is 7.16. The van der Waals surface area contributed by atoms with Crippen LogP contribution in [0.2, 0.25) is 0 Å². The summed E-state index contributed by atoms with van der Waals surface area (Å²) in [5, 5.41) is 3.44. The molecule has 0 fully saturated rings. The first kappa shape index (κ1) is 21.6. The van der Waals surface area contributed by atoms with Crippen molar-refractivity contribution in [1.82, 2.24) is 0 Å². The van der Waals surface area contributed by atoms with Crippen LogP contribution in [0.15, 0.2) is 53.0 Å².